The van der Waals surface area contributed by atoms with Gasteiger partial charge < -0.3 is 9.88 Å². The molecule has 0 bridgehead atoms. The van der Waals surface area contributed by atoms with Crippen molar-refractivity contribution in [1.29, 1.82) is 0 Å². The molecule has 18 heavy (non-hydrogen) atoms. The Kier molecular flexibility index (Phi) is 5.68. The summed E-state index contributed by atoms with van der Waals surface area (Å²) < 4.78 is 2.27. The molecule has 0 radical (unpaired) electrons. The first-order valence-electron chi connectivity index (χ1n) is 7.33. The van der Waals surface area contributed by atoms with Gasteiger partial charge in [0.2, 0.25) is 0 Å². The maximum Gasteiger partial charge on any atom is 0.122 e. The number of unbranched alkanes of at least 4 members (excludes halogenated alkanes) is 2. The molecule has 1 N–H and O–H groups in total. The highest BCUT2D eigenvalue weighted by Crippen LogP contribution is 2.11. The lowest BCUT2D eigenvalue weighted by molar-refractivity contribution is 0.212. The summed E-state index contributed by atoms with van der Waals surface area (Å²) in [4.78, 5) is 6.93. The monoisotopic (exact) mass is 250 g/mol. The van der Waals surface area contributed by atoms with Gasteiger partial charge in [0, 0.05) is 25.5 Å². The van der Waals surface area contributed by atoms with Gasteiger partial charge in [-0.2, -0.15) is 0 Å². The van der Waals surface area contributed by atoms with Crippen LogP contribution in [-0.2, 0) is 13.1 Å². The van der Waals surface area contributed by atoms with Crippen LogP contribution in [-0.4, -0.2) is 40.6 Å². The Hall–Kier alpha value is -0.870. The van der Waals surface area contributed by atoms with Crippen LogP contribution in [0.3, 0.4) is 0 Å². The molecule has 0 saturated carbocycles. The lowest BCUT2D eigenvalue weighted by Crippen LogP contribution is -2.34. The highest BCUT2D eigenvalue weighted by atomic mass is 15.2. The highest BCUT2D eigenvalue weighted by molar-refractivity contribution is 4.95. The summed E-state index contributed by atoms with van der Waals surface area (Å²) in [5.41, 5.74) is 0. The van der Waals surface area contributed by atoms with Crippen LogP contribution in [0.25, 0.3) is 0 Å². The molecule has 0 saturated heterocycles. The molecule has 0 unspecified atom stereocenters. The first kappa shape index (κ1) is 13.6. The van der Waals surface area contributed by atoms with E-state index in [1.165, 1.54) is 51.1 Å². The first-order chi connectivity index (χ1) is 8.90. The molecule has 2 rings (SSSR count). The quantitative estimate of drug-likeness (QED) is 0.715. The van der Waals surface area contributed by atoms with Gasteiger partial charge in [-0.25, -0.2) is 4.98 Å². The molecule has 4 heteroatoms. The number of aromatic nitrogens is 2. The van der Waals surface area contributed by atoms with E-state index < -0.39 is 0 Å². The first-order valence-corrected chi connectivity index (χ1v) is 7.33. The fraction of sp³-hybridized carbons (Fsp3) is 0.786. The number of rotatable bonds is 8. The summed E-state index contributed by atoms with van der Waals surface area (Å²) >= 11 is 0. The van der Waals surface area contributed by atoms with Crippen molar-refractivity contribution in [2.45, 2.75) is 45.7 Å². The van der Waals surface area contributed by atoms with E-state index in [0.29, 0.717) is 0 Å². The molecule has 0 fully saturated rings. The van der Waals surface area contributed by atoms with E-state index in [-0.39, 0.29) is 0 Å². The van der Waals surface area contributed by atoms with Crippen LogP contribution in [0.15, 0.2) is 12.4 Å². The second kappa shape index (κ2) is 7.54. The summed E-state index contributed by atoms with van der Waals surface area (Å²) in [7, 11) is 0. The molecule has 1 aliphatic rings. The van der Waals surface area contributed by atoms with E-state index in [9.17, 15) is 0 Å². The molecular formula is C14H26N4. The standard InChI is InChI=1S/C14H26N4/c1-2-6-15-7-4-3-5-9-17-11-12-18-10-8-16-14(18)13-17/h8,10,15H,2-7,9,11-13H2,1H3. The Labute approximate surface area is 110 Å². The van der Waals surface area contributed by atoms with Gasteiger partial charge in [-0.3, -0.25) is 4.90 Å². The summed E-state index contributed by atoms with van der Waals surface area (Å²) in [6.45, 7) is 9.09. The molecule has 0 aromatic carbocycles. The third-order valence-corrected chi connectivity index (χ3v) is 3.58. The van der Waals surface area contributed by atoms with E-state index >= 15 is 0 Å². The SMILES string of the molecule is CCCNCCCCCN1CCn2ccnc2C1. The molecule has 0 atom stereocenters. The van der Waals surface area contributed by atoms with E-state index in [0.717, 1.165) is 19.6 Å². The van der Waals surface area contributed by atoms with Gasteiger partial charge in [-0.1, -0.05) is 13.3 Å². The van der Waals surface area contributed by atoms with E-state index in [1.807, 2.05) is 6.20 Å². The normalized spacial score (nSPS) is 15.8. The number of nitrogens with zero attached hydrogens (tertiary/aromatic N) is 3. The van der Waals surface area contributed by atoms with Crippen molar-refractivity contribution in [2.24, 2.45) is 0 Å². The Bertz CT molecular complexity index is 334. The summed E-state index contributed by atoms with van der Waals surface area (Å²) in [5.74, 6) is 1.23. The van der Waals surface area contributed by atoms with Crippen molar-refractivity contribution in [3.05, 3.63) is 18.2 Å². The summed E-state index contributed by atoms with van der Waals surface area (Å²) in [6.07, 6.45) is 9.20. The van der Waals surface area contributed by atoms with Crippen molar-refractivity contribution in [3.8, 4) is 0 Å². The summed E-state index contributed by atoms with van der Waals surface area (Å²) in [5, 5.41) is 3.46. The Morgan fingerprint density at radius 3 is 3.06 bits per heavy atom. The molecule has 1 aromatic rings. The Morgan fingerprint density at radius 1 is 1.22 bits per heavy atom. The van der Waals surface area contributed by atoms with Crippen LogP contribution in [0.5, 0.6) is 0 Å². The molecule has 2 heterocycles. The van der Waals surface area contributed by atoms with Crippen molar-refractivity contribution in [2.75, 3.05) is 26.2 Å². The number of nitrogens with one attached hydrogen (secondary N) is 1. The number of imidazole rings is 1. The zero-order chi connectivity index (χ0) is 12.6. The topological polar surface area (TPSA) is 33.1 Å². The Balaban J connectivity index is 1.53. The van der Waals surface area contributed by atoms with Crippen LogP contribution >= 0.6 is 0 Å². The molecule has 1 aliphatic heterocycles. The van der Waals surface area contributed by atoms with Gasteiger partial charge in [-0.05, 0) is 38.9 Å². The minimum atomic E-state index is 1.03. The van der Waals surface area contributed by atoms with E-state index in [4.69, 9.17) is 0 Å². The zero-order valence-electron chi connectivity index (χ0n) is 11.6. The molecule has 1 aromatic heterocycles. The average molecular weight is 250 g/mol. The van der Waals surface area contributed by atoms with Crippen molar-refractivity contribution >= 4 is 0 Å². The molecule has 102 valence electrons. The van der Waals surface area contributed by atoms with Crippen LogP contribution in [0, 0.1) is 0 Å². The van der Waals surface area contributed by atoms with Crippen LogP contribution in [0.1, 0.15) is 38.4 Å². The van der Waals surface area contributed by atoms with E-state index in [1.54, 1.807) is 0 Å². The molecule has 0 amide bonds. The van der Waals surface area contributed by atoms with Crippen molar-refractivity contribution in [1.82, 2.24) is 19.8 Å². The molecular weight excluding hydrogens is 224 g/mol. The predicted molar refractivity (Wildman–Crippen MR) is 74.5 cm³/mol. The fourth-order valence-corrected chi connectivity index (χ4v) is 2.48. The van der Waals surface area contributed by atoms with Gasteiger partial charge in [0.1, 0.15) is 5.82 Å². The number of fused-ring (bicyclic) bond motifs is 1. The lowest BCUT2D eigenvalue weighted by Gasteiger charge is -2.27. The molecule has 0 aliphatic carbocycles. The number of hydrogen-bond acceptors (Lipinski definition) is 3. The van der Waals surface area contributed by atoms with E-state index in [2.05, 4.69) is 32.9 Å². The highest BCUT2D eigenvalue weighted by Gasteiger charge is 2.15. The van der Waals surface area contributed by atoms with Crippen LogP contribution in [0.4, 0.5) is 0 Å². The third kappa shape index (κ3) is 4.10. The van der Waals surface area contributed by atoms with Gasteiger partial charge >= 0.3 is 0 Å². The molecule has 0 spiro atoms. The van der Waals surface area contributed by atoms with Gasteiger partial charge in [0.25, 0.3) is 0 Å². The van der Waals surface area contributed by atoms with Crippen LogP contribution < -0.4 is 5.32 Å². The minimum Gasteiger partial charge on any atom is -0.333 e. The largest absolute Gasteiger partial charge is 0.333 e. The van der Waals surface area contributed by atoms with Gasteiger partial charge in [0.15, 0.2) is 0 Å². The van der Waals surface area contributed by atoms with Gasteiger partial charge in [-0.15, -0.1) is 0 Å². The second-order valence-corrected chi connectivity index (χ2v) is 5.12. The summed E-state index contributed by atoms with van der Waals surface area (Å²) in [6, 6.07) is 0. The maximum absolute atomic E-state index is 4.40. The van der Waals surface area contributed by atoms with Crippen LogP contribution in [0.2, 0.25) is 0 Å². The van der Waals surface area contributed by atoms with Gasteiger partial charge in [0.05, 0.1) is 6.54 Å². The second-order valence-electron chi connectivity index (χ2n) is 5.12. The Morgan fingerprint density at radius 2 is 2.17 bits per heavy atom. The van der Waals surface area contributed by atoms with Crippen molar-refractivity contribution < 1.29 is 0 Å². The van der Waals surface area contributed by atoms with Crippen molar-refractivity contribution in [3.63, 3.8) is 0 Å². The molecule has 4 nitrogen and oxygen atoms in total. The minimum absolute atomic E-state index is 1.03. The maximum atomic E-state index is 4.40. The third-order valence-electron chi connectivity index (χ3n) is 3.58. The lowest BCUT2D eigenvalue weighted by atomic mass is 10.2. The average Bonchev–Trinajstić information content (AvgIpc) is 2.85. The zero-order valence-corrected chi connectivity index (χ0v) is 11.6. The smallest absolute Gasteiger partial charge is 0.122 e. The fourth-order valence-electron chi connectivity index (χ4n) is 2.48. The number of hydrogen-bond donors (Lipinski definition) is 1. The predicted octanol–water partition coefficient (Wildman–Crippen LogP) is 1.87.